The molecule has 0 unspecified atom stereocenters. The predicted octanol–water partition coefficient (Wildman–Crippen LogP) is 5.05. The highest BCUT2D eigenvalue weighted by molar-refractivity contribution is 14.1. The van der Waals surface area contributed by atoms with Crippen LogP contribution in [0.25, 0.3) is 0 Å². The Morgan fingerprint density at radius 2 is 1.97 bits per heavy atom. The minimum Gasteiger partial charge on any atom is -0.443 e. The van der Waals surface area contributed by atoms with E-state index in [1.54, 1.807) is 32.9 Å². The van der Waals surface area contributed by atoms with Crippen LogP contribution in [0.3, 0.4) is 0 Å². The number of hydrogen-bond acceptors (Lipinski definition) is 5. The molecule has 184 valence electrons. The molecule has 0 spiro atoms. The van der Waals surface area contributed by atoms with Crippen molar-refractivity contribution in [3.05, 3.63) is 62.7 Å². The smallest absolute Gasteiger partial charge is 0.420 e. The fraction of sp³-hybridized carbons (Fsp3) is 0.391. The number of pyridine rings is 1. The first-order valence-corrected chi connectivity index (χ1v) is 13.1. The van der Waals surface area contributed by atoms with Gasteiger partial charge < -0.3 is 4.74 Å². The van der Waals surface area contributed by atoms with Crippen molar-refractivity contribution < 1.29 is 22.3 Å². The van der Waals surface area contributed by atoms with Gasteiger partial charge in [0.05, 0.1) is 16.1 Å². The van der Waals surface area contributed by atoms with Crippen molar-refractivity contribution in [2.24, 2.45) is 7.05 Å². The number of sulfonamides is 1. The van der Waals surface area contributed by atoms with Gasteiger partial charge in [-0.1, -0.05) is 6.08 Å². The second-order valence-corrected chi connectivity index (χ2v) is 12.5. The van der Waals surface area contributed by atoms with E-state index in [2.05, 4.69) is 11.3 Å². The molecule has 0 atom stereocenters. The number of halogens is 2. The first-order chi connectivity index (χ1) is 15.7. The molecule has 0 aliphatic heterocycles. The fourth-order valence-corrected chi connectivity index (χ4v) is 5.58. The number of carbonyl (C=O) groups is 1. The standard InChI is InChI=1S/C23H27FIN3O5S/c1-6-11-23(12-13-23)34(31,32)26-17-8-10-19(29)27(5)20(17)28(21(30)33-22(2,3)4)18-9-7-15(25)14-16(18)24/h6-10,14,26H,1,11-13H2,2-5H3. The van der Waals surface area contributed by atoms with Crippen LogP contribution in [0.15, 0.2) is 47.8 Å². The summed E-state index contributed by atoms with van der Waals surface area (Å²) >= 11 is 1.93. The summed E-state index contributed by atoms with van der Waals surface area (Å²) in [7, 11) is -2.55. The van der Waals surface area contributed by atoms with Crippen molar-refractivity contribution in [1.82, 2.24) is 4.57 Å². The summed E-state index contributed by atoms with van der Waals surface area (Å²) < 4.78 is 50.3. The molecule has 1 aromatic heterocycles. The number of aromatic nitrogens is 1. The molecule has 3 rings (SSSR count). The zero-order valence-corrected chi connectivity index (χ0v) is 22.4. The highest BCUT2D eigenvalue weighted by atomic mass is 127. The predicted molar refractivity (Wildman–Crippen MR) is 138 cm³/mol. The van der Waals surface area contributed by atoms with E-state index in [0.29, 0.717) is 16.4 Å². The summed E-state index contributed by atoms with van der Waals surface area (Å²) in [6.45, 7) is 8.58. The van der Waals surface area contributed by atoms with Crippen molar-refractivity contribution in [1.29, 1.82) is 0 Å². The van der Waals surface area contributed by atoms with Gasteiger partial charge in [0.2, 0.25) is 10.0 Å². The van der Waals surface area contributed by atoms with E-state index in [4.69, 9.17) is 4.74 Å². The number of nitrogens with one attached hydrogen (secondary N) is 1. The third-order valence-corrected chi connectivity index (χ3v) is 8.23. The van der Waals surface area contributed by atoms with Gasteiger partial charge in [0.25, 0.3) is 5.56 Å². The van der Waals surface area contributed by atoms with Crippen LogP contribution < -0.4 is 15.2 Å². The number of amides is 1. The van der Waals surface area contributed by atoms with Gasteiger partial charge in [-0.05, 0) is 86.9 Å². The van der Waals surface area contributed by atoms with Crippen LogP contribution in [-0.2, 0) is 21.8 Å². The second-order valence-electron chi connectivity index (χ2n) is 9.16. The van der Waals surface area contributed by atoms with Crippen LogP contribution >= 0.6 is 22.6 Å². The first-order valence-electron chi connectivity index (χ1n) is 10.5. The Labute approximate surface area is 212 Å². The van der Waals surface area contributed by atoms with Crippen LogP contribution in [0.1, 0.15) is 40.0 Å². The minimum atomic E-state index is -3.92. The zero-order chi connectivity index (χ0) is 25.5. The van der Waals surface area contributed by atoms with Crippen LogP contribution in [0.2, 0.25) is 0 Å². The van der Waals surface area contributed by atoms with Crippen molar-refractivity contribution in [3.63, 3.8) is 0 Å². The minimum absolute atomic E-state index is 0.0544. The van der Waals surface area contributed by atoms with Crippen LogP contribution in [0.5, 0.6) is 0 Å². The van der Waals surface area contributed by atoms with E-state index in [-0.39, 0.29) is 23.6 Å². The molecule has 1 aliphatic carbocycles. The Kier molecular flexibility index (Phi) is 7.19. The monoisotopic (exact) mass is 603 g/mol. The summed E-state index contributed by atoms with van der Waals surface area (Å²) in [5.41, 5.74) is -1.71. The molecule has 1 aliphatic rings. The quantitative estimate of drug-likeness (QED) is 0.353. The highest BCUT2D eigenvalue weighted by Gasteiger charge is 2.54. The SMILES string of the molecule is C=CCC1(S(=O)(=O)Nc2ccc(=O)n(C)c2N(C(=O)OC(C)(C)C)c2ccc(I)cc2F)CC1. The van der Waals surface area contributed by atoms with Gasteiger partial charge in [0.15, 0.2) is 0 Å². The van der Waals surface area contributed by atoms with Crippen molar-refractivity contribution in [2.45, 2.75) is 50.4 Å². The third kappa shape index (κ3) is 5.29. The molecular weight excluding hydrogens is 576 g/mol. The molecule has 1 aromatic carbocycles. The van der Waals surface area contributed by atoms with Crippen LogP contribution in [0.4, 0.5) is 26.4 Å². The first kappa shape index (κ1) is 26.2. The lowest BCUT2D eigenvalue weighted by Gasteiger charge is -2.30. The summed E-state index contributed by atoms with van der Waals surface area (Å²) in [6, 6.07) is 6.62. The third-order valence-electron chi connectivity index (χ3n) is 5.36. The Morgan fingerprint density at radius 1 is 1.32 bits per heavy atom. The molecule has 34 heavy (non-hydrogen) atoms. The number of anilines is 3. The Bertz CT molecular complexity index is 1300. The number of rotatable bonds is 7. The highest BCUT2D eigenvalue weighted by Crippen LogP contribution is 2.48. The molecule has 1 N–H and O–H groups in total. The van der Waals surface area contributed by atoms with Gasteiger partial charge in [0, 0.05) is 16.7 Å². The van der Waals surface area contributed by atoms with E-state index >= 15 is 4.39 Å². The fourth-order valence-electron chi connectivity index (χ4n) is 3.48. The van der Waals surface area contributed by atoms with Gasteiger partial charge in [-0.3, -0.25) is 14.1 Å². The van der Waals surface area contributed by atoms with Crippen LogP contribution in [-0.4, -0.2) is 29.4 Å². The summed E-state index contributed by atoms with van der Waals surface area (Å²) in [6.07, 6.45) is 1.74. The molecule has 1 heterocycles. The van der Waals surface area contributed by atoms with E-state index in [1.165, 1.54) is 31.3 Å². The summed E-state index contributed by atoms with van der Waals surface area (Å²) in [5.74, 6) is -0.909. The maximum absolute atomic E-state index is 15.1. The van der Waals surface area contributed by atoms with E-state index in [1.807, 2.05) is 22.6 Å². The Morgan fingerprint density at radius 3 is 2.50 bits per heavy atom. The lowest BCUT2D eigenvalue weighted by atomic mass is 10.2. The zero-order valence-electron chi connectivity index (χ0n) is 19.4. The number of benzene rings is 1. The molecule has 2 aromatic rings. The number of hydrogen-bond donors (Lipinski definition) is 1. The second kappa shape index (κ2) is 9.33. The Balaban J connectivity index is 2.23. The normalized spacial score (nSPS) is 14.9. The van der Waals surface area contributed by atoms with Crippen molar-refractivity contribution >= 4 is 55.9 Å². The lowest BCUT2D eigenvalue weighted by molar-refractivity contribution is 0.0596. The maximum Gasteiger partial charge on any atom is 0.420 e. The summed E-state index contributed by atoms with van der Waals surface area (Å²) in [4.78, 5) is 26.7. The maximum atomic E-state index is 15.1. The number of ether oxygens (including phenoxy) is 1. The Hall–Kier alpha value is -2.41. The molecule has 1 amide bonds. The largest absolute Gasteiger partial charge is 0.443 e. The van der Waals surface area contributed by atoms with E-state index in [9.17, 15) is 18.0 Å². The van der Waals surface area contributed by atoms with Gasteiger partial charge in [-0.25, -0.2) is 22.5 Å². The van der Waals surface area contributed by atoms with E-state index in [0.717, 1.165) is 9.47 Å². The lowest BCUT2D eigenvalue weighted by Crippen LogP contribution is -2.38. The molecule has 0 bridgehead atoms. The van der Waals surface area contributed by atoms with Gasteiger partial charge in [-0.15, -0.1) is 6.58 Å². The number of allylic oxidation sites excluding steroid dienone is 1. The average molecular weight is 603 g/mol. The average Bonchev–Trinajstić information content (AvgIpc) is 3.49. The molecule has 1 fully saturated rings. The molecule has 8 nitrogen and oxygen atoms in total. The molecule has 0 radical (unpaired) electrons. The van der Waals surface area contributed by atoms with Gasteiger partial charge in [-0.2, -0.15) is 0 Å². The number of carbonyl (C=O) groups excluding carboxylic acids is 1. The van der Waals surface area contributed by atoms with E-state index < -0.39 is 37.8 Å². The molecule has 11 heteroatoms. The molecular formula is C23H27FIN3O5S. The van der Waals surface area contributed by atoms with Crippen molar-refractivity contribution in [2.75, 3.05) is 9.62 Å². The van der Waals surface area contributed by atoms with Crippen molar-refractivity contribution in [3.8, 4) is 0 Å². The number of nitrogens with zero attached hydrogens (tertiary/aromatic N) is 2. The topological polar surface area (TPSA) is 97.7 Å². The molecule has 0 saturated heterocycles. The van der Waals surface area contributed by atoms with Crippen LogP contribution in [0, 0.1) is 9.39 Å². The van der Waals surface area contributed by atoms with Gasteiger partial charge >= 0.3 is 6.09 Å². The molecule has 1 saturated carbocycles. The van der Waals surface area contributed by atoms with Gasteiger partial charge in [0.1, 0.15) is 17.2 Å². The summed E-state index contributed by atoms with van der Waals surface area (Å²) in [5, 5.41) is 0.